The van der Waals surface area contributed by atoms with Gasteiger partial charge in [-0.3, -0.25) is 5.41 Å². The normalized spacial score (nSPS) is 10.3. The zero-order chi connectivity index (χ0) is 12.8. The van der Waals surface area contributed by atoms with Gasteiger partial charge in [-0.15, -0.1) is 0 Å². The summed E-state index contributed by atoms with van der Waals surface area (Å²) in [6, 6.07) is 2.00. The molecule has 3 nitrogen and oxygen atoms in total. The Morgan fingerprint density at radius 2 is 1.88 bits per heavy atom. The van der Waals surface area contributed by atoms with Crippen LogP contribution in [0.25, 0.3) is 0 Å². The molecule has 0 aromatic heterocycles. The number of hydrogen-bond donors (Lipinski definition) is 2. The van der Waals surface area contributed by atoms with Crippen LogP contribution < -0.4 is 10.5 Å². The summed E-state index contributed by atoms with van der Waals surface area (Å²) in [4.78, 5) is 0. The summed E-state index contributed by atoms with van der Waals surface area (Å²) in [6.45, 7) is 2.31. The lowest BCUT2D eigenvalue weighted by Gasteiger charge is -2.09. The van der Waals surface area contributed by atoms with Crippen molar-refractivity contribution in [3.8, 4) is 5.75 Å². The Morgan fingerprint density at radius 3 is 2.35 bits per heavy atom. The highest BCUT2D eigenvalue weighted by Gasteiger charge is 2.13. The summed E-state index contributed by atoms with van der Waals surface area (Å²) in [6.07, 6.45) is 2.72. The Morgan fingerprint density at radius 1 is 1.29 bits per heavy atom. The molecule has 0 aliphatic heterocycles. The summed E-state index contributed by atoms with van der Waals surface area (Å²) >= 11 is 0. The van der Waals surface area contributed by atoms with Crippen molar-refractivity contribution in [2.45, 2.75) is 26.2 Å². The monoisotopic (exact) mass is 242 g/mol. The fourth-order valence-corrected chi connectivity index (χ4v) is 1.38. The molecule has 1 aromatic carbocycles. The number of nitrogen functional groups attached to an aromatic ring is 1. The molecule has 1 rings (SSSR count). The van der Waals surface area contributed by atoms with E-state index in [1.54, 1.807) is 0 Å². The molecule has 0 fully saturated rings. The maximum atomic E-state index is 13.5. The molecule has 0 radical (unpaired) electrons. The van der Waals surface area contributed by atoms with Crippen molar-refractivity contribution in [2.75, 3.05) is 6.61 Å². The molecule has 0 unspecified atom stereocenters. The van der Waals surface area contributed by atoms with Gasteiger partial charge in [-0.1, -0.05) is 19.8 Å². The molecule has 17 heavy (non-hydrogen) atoms. The summed E-state index contributed by atoms with van der Waals surface area (Å²) in [5, 5.41) is 7.10. The van der Waals surface area contributed by atoms with Gasteiger partial charge in [0.2, 0.25) is 0 Å². The maximum absolute atomic E-state index is 13.5. The van der Waals surface area contributed by atoms with E-state index >= 15 is 0 Å². The first-order chi connectivity index (χ1) is 8.06. The van der Waals surface area contributed by atoms with Crippen LogP contribution in [-0.4, -0.2) is 12.4 Å². The Labute approximate surface area is 99.1 Å². The predicted molar refractivity (Wildman–Crippen MR) is 62.4 cm³/mol. The highest BCUT2D eigenvalue weighted by Crippen LogP contribution is 2.23. The minimum absolute atomic E-state index is 0.0147. The Hall–Kier alpha value is -1.65. The average Bonchev–Trinajstić information content (AvgIpc) is 2.26. The molecular formula is C12H16F2N2O. The fraction of sp³-hybridized carbons (Fsp3) is 0.417. The van der Waals surface area contributed by atoms with Crippen LogP contribution in [0, 0.1) is 17.0 Å². The van der Waals surface area contributed by atoms with Gasteiger partial charge in [0.15, 0.2) is 17.4 Å². The second kappa shape index (κ2) is 6.18. The minimum atomic E-state index is -0.827. The molecule has 0 saturated heterocycles. The van der Waals surface area contributed by atoms with Crippen LogP contribution in [0.1, 0.15) is 31.7 Å². The zero-order valence-corrected chi connectivity index (χ0v) is 9.72. The van der Waals surface area contributed by atoms with Crippen LogP contribution in [-0.2, 0) is 0 Å². The quantitative estimate of drug-likeness (QED) is 0.458. The van der Waals surface area contributed by atoms with Gasteiger partial charge in [0.1, 0.15) is 5.84 Å². The number of amidine groups is 1. The number of hydrogen-bond acceptors (Lipinski definition) is 2. The molecule has 0 amide bonds. The highest BCUT2D eigenvalue weighted by atomic mass is 19.1. The predicted octanol–water partition coefficient (Wildman–Crippen LogP) is 2.82. The maximum Gasteiger partial charge on any atom is 0.190 e. The van der Waals surface area contributed by atoms with Gasteiger partial charge in [-0.2, -0.15) is 0 Å². The Balaban J connectivity index is 2.76. The molecule has 94 valence electrons. The molecular weight excluding hydrogens is 226 g/mol. The topological polar surface area (TPSA) is 59.1 Å². The summed E-state index contributed by atoms with van der Waals surface area (Å²) in [5.74, 6) is -2.43. The van der Waals surface area contributed by atoms with Crippen LogP contribution in [0.15, 0.2) is 12.1 Å². The number of unbranched alkanes of at least 4 members (excludes halogenated alkanes) is 2. The smallest absolute Gasteiger partial charge is 0.190 e. The minimum Gasteiger partial charge on any atom is -0.488 e. The molecule has 0 aliphatic rings. The van der Waals surface area contributed by atoms with E-state index in [1.165, 1.54) is 0 Å². The first-order valence-electron chi connectivity index (χ1n) is 5.52. The van der Waals surface area contributed by atoms with Crippen molar-refractivity contribution in [3.05, 3.63) is 29.3 Å². The molecule has 5 heteroatoms. The third-order valence-corrected chi connectivity index (χ3v) is 2.30. The van der Waals surface area contributed by atoms with E-state index in [9.17, 15) is 8.78 Å². The summed E-state index contributed by atoms with van der Waals surface area (Å²) in [7, 11) is 0. The SMILES string of the molecule is CCCCCOc1c(F)cc(C(=N)N)cc1F. The molecule has 0 saturated carbocycles. The number of nitrogens with one attached hydrogen (secondary N) is 1. The van der Waals surface area contributed by atoms with Gasteiger partial charge in [0.05, 0.1) is 6.61 Å². The number of halogens is 2. The third kappa shape index (κ3) is 3.69. The lowest BCUT2D eigenvalue weighted by molar-refractivity contribution is 0.276. The van der Waals surface area contributed by atoms with E-state index in [4.69, 9.17) is 15.9 Å². The third-order valence-electron chi connectivity index (χ3n) is 2.30. The number of rotatable bonds is 6. The van der Waals surface area contributed by atoms with Crippen molar-refractivity contribution in [2.24, 2.45) is 5.73 Å². The highest BCUT2D eigenvalue weighted by molar-refractivity contribution is 5.95. The standard InChI is InChI=1S/C12H16F2N2O/c1-2-3-4-5-17-11-9(13)6-8(12(15)16)7-10(11)14/h6-7H,2-5H2,1H3,(H3,15,16). The van der Waals surface area contributed by atoms with Gasteiger partial charge < -0.3 is 10.5 Å². The second-order valence-corrected chi connectivity index (χ2v) is 3.74. The van der Waals surface area contributed by atoms with Crippen molar-refractivity contribution < 1.29 is 13.5 Å². The average molecular weight is 242 g/mol. The Kier molecular flexibility index (Phi) is 4.87. The van der Waals surface area contributed by atoms with Crippen molar-refractivity contribution >= 4 is 5.84 Å². The molecule has 0 atom stereocenters. The van der Waals surface area contributed by atoms with E-state index in [1.807, 2.05) is 6.92 Å². The van der Waals surface area contributed by atoms with Gasteiger partial charge in [0.25, 0.3) is 0 Å². The van der Waals surface area contributed by atoms with E-state index in [2.05, 4.69) is 0 Å². The molecule has 0 bridgehead atoms. The molecule has 0 heterocycles. The molecule has 0 aliphatic carbocycles. The van der Waals surface area contributed by atoms with Crippen LogP contribution in [0.5, 0.6) is 5.75 Å². The molecule has 0 spiro atoms. The van der Waals surface area contributed by atoms with Crippen molar-refractivity contribution in [3.63, 3.8) is 0 Å². The van der Waals surface area contributed by atoms with Gasteiger partial charge in [0, 0.05) is 5.56 Å². The van der Waals surface area contributed by atoms with Crippen LogP contribution in [0.2, 0.25) is 0 Å². The van der Waals surface area contributed by atoms with Crippen LogP contribution >= 0.6 is 0 Å². The van der Waals surface area contributed by atoms with Crippen molar-refractivity contribution in [1.82, 2.24) is 0 Å². The van der Waals surface area contributed by atoms with E-state index < -0.39 is 17.4 Å². The lowest BCUT2D eigenvalue weighted by Crippen LogP contribution is -2.12. The van der Waals surface area contributed by atoms with E-state index in [0.29, 0.717) is 0 Å². The number of nitrogens with two attached hydrogens (primary N) is 1. The molecule has 1 aromatic rings. The number of benzene rings is 1. The van der Waals surface area contributed by atoms with Crippen molar-refractivity contribution in [1.29, 1.82) is 5.41 Å². The van der Waals surface area contributed by atoms with E-state index in [0.717, 1.165) is 31.4 Å². The van der Waals surface area contributed by atoms with Crippen LogP contribution in [0.3, 0.4) is 0 Å². The fourth-order valence-electron chi connectivity index (χ4n) is 1.38. The van der Waals surface area contributed by atoms with E-state index in [-0.39, 0.29) is 18.0 Å². The largest absolute Gasteiger partial charge is 0.488 e. The summed E-state index contributed by atoms with van der Waals surface area (Å²) < 4.78 is 32.0. The zero-order valence-electron chi connectivity index (χ0n) is 9.72. The number of ether oxygens (including phenoxy) is 1. The van der Waals surface area contributed by atoms with Crippen LogP contribution in [0.4, 0.5) is 8.78 Å². The first kappa shape index (κ1) is 13.4. The van der Waals surface area contributed by atoms with Gasteiger partial charge >= 0.3 is 0 Å². The first-order valence-corrected chi connectivity index (χ1v) is 5.52. The Bertz CT molecular complexity index is 384. The molecule has 3 N–H and O–H groups in total. The van der Waals surface area contributed by atoms with Gasteiger partial charge in [-0.05, 0) is 18.6 Å². The summed E-state index contributed by atoms with van der Waals surface area (Å²) in [5.41, 5.74) is 5.17. The van der Waals surface area contributed by atoms with Gasteiger partial charge in [-0.25, -0.2) is 8.78 Å². The second-order valence-electron chi connectivity index (χ2n) is 3.74. The lowest BCUT2D eigenvalue weighted by atomic mass is 10.2.